The molecule has 0 aliphatic carbocycles. The largest absolute Gasteiger partial charge is 0.341 e. The molecule has 4 heterocycles. The van der Waals surface area contributed by atoms with Crippen molar-refractivity contribution in [2.45, 2.75) is 56.1 Å². The number of aromatic nitrogens is 5. The normalized spacial score (nSPS) is 15.1. The second-order valence-electron chi connectivity index (χ2n) is 10.3. The van der Waals surface area contributed by atoms with Gasteiger partial charge in [-0.15, -0.1) is 11.8 Å². The van der Waals surface area contributed by atoms with Gasteiger partial charge in [0, 0.05) is 48.4 Å². The average Bonchev–Trinajstić information content (AvgIpc) is 3.22. The van der Waals surface area contributed by atoms with E-state index in [9.17, 15) is 0 Å². The number of nitrogens with zero attached hydrogens (tertiary/aromatic N) is 6. The van der Waals surface area contributed by atoms with Gasteiger partial charge in [0.1, 0.15) is 5.52 Å². The van der Waals surface area contributed by atoms with Crippen LogP contribution < -0.4 is 10.2 Å². The smallest absolute Gasteiger partial charge is 0.229 e. The number of pyridine rings is 1. The highest BCUT2D eigenvalue weighted by atomic mass is 32.2. The van der Waals surface area contributed by atoms with Gasteiger partial charge in [-0.1, -0.05) is 32.9 Å². The first-order chi connectivity index (χ1) is 16.8. The predicted octanol–water partition coefficient (Wildman–Crippen LogP) is 5.87. The molecule has 1 aromatic carbocycles. The summed E-state index contributed by atoms with van der Waals surface area (Å²) in [4.78, 5) is 22.1. The maximum absolute atomic E-state index is 5.02. The second-order valence-corrected chi connectivity index (χ2v) is 11.7. The third-order valence-electron chi connectivity index (χ3n) is 6.59. The Labute approximate surface area is 211 Å². The molecule has 1 aliphatic rings. The molecule has 3 aromatic heterocycles. The van der Waals surface area contributed by atoms with Crippen molar-refractivity contribution in [3.8, 4) is 0 Å². The first-order valence-electron chi connectivity index (χ1n) is 12.2. The summed E-state index contributed by atoms with van der Waals surface area (Å²) >= 11 is 1.94. The summed E-state index contributed by atoms with van der Waals surface area (Å²) in [5, 5.41) is 4.22. The summed E-state index contributed by atoms with van der Waals surface area (Å²) in [5.74, 6) is 1.54. The Balaban J connectivity index is 1.40. The van der Waals surface area contributed by atoms with Crippen LogP contribution in [0.25, 0.3) is 11.2 Å². The van der Waals surface area contributed by atoms with Crippen LogP contribution in [0.5, 0.6) is 0 Å². The maximum Gasteiger partial charge on any atom is 0.229 e. The molecule has 0 saturated carbocycles. The molecule has 182 valence electrons. The Morgan fingerprint density at radius 2 is 1.77 bits per heavy atom. The number of piperidine rings is 1. The summed E-state index contributed by atoms with van der Waals surface area (Å²) in [5.41, 5.74) is 5.24. The molecule has 4 aromatic rings. The molecule has 0 amide bonds. The van der Waals surface area contributed by atoms with E-state index in [-0.39, 0.29) is 5.41 Å². The van der Waals surface area contributed by atoms with E-state index in [1.807, 2.05) is 42.1 Å². The van der Waals surface area contributed by atoms with Crippen LogP contribution >= 0.6 is 11.8 Å². The molecule has 5 rings (SSSR count). The number of anilines is 3. The van der Waals surface area contributed by atoms with Gasteiger partial charge in [-0.3, -0.25) is 4.98 Å². The monoisotopic (exact) mass is 487 g/mol. The fourth-order valence-electron chi connectivity index (χ4n) is 4.41. The lowest BCUT2D eigenvalue weighted by molar-refractivity contribution is 0.581. The van der Waals surface area contributed by atoms with Crippen LogP contribution in [0, 0.1) is 6.92 Å². The lowest BCUT2D eigenvalue weighted by Crippen LogP contribution is -2.36. The summed E-state index contributed by atoms with van der Waals surface area (Å²) in [6.07, 6.45) is 7.71. The van der Waals surface area contributed by atoms with Gasteiger partial charge in [-0.2, -0.15) is 9.97 Å². The molecule has 8 heteroatoms. The summed E-state index contributed by atoms with van der Waals surface area (Å²) in [6.45, 7) is 10.7. The molecule has 7 nitrogen and oxygen atoms in total. The first kappa shape index (κ1) is 23.6. The Morgan fingerprint density at radius 3 is 2.49 bits per heavy atom. The molecule has 1 N–H and O–H groups in total. The Bertz CT molecular complexity index is 1320. The van der Waals surface area contributed by atoms with Gasteiger partial charge >= 0.3 is 0 Å². The van der Waals surface area contributed by atoms with Crippen molar-refractivity contribution >= 4 is 40.4 Å². The third kappa shape index (κ3) is 5.12. The topological polar surface area (TPSA) is 71.8 Å². The Morgan fingerprint density at radius 1 is 1.03 bits per heavy atom. The third-order valence-corrected chi connectivity index (χ3v) is 7.94. The van der Waals surface area contributed by atoms with E-state index in [4.69, 9.17) is 9.97 Å². The molecule has 1 saturated heterocycles. The number of imidazole rings is 1. The van der Waals surface area contributed by atoms with E-state index < -0.39 is 0 Å². The summed E-state index contributed by atoms with van der Waals surface area (Å²) < 4.78 is 1.99. The zero-order valence-electron chi connectivity index (χ0n) is 21.1. The van der Waals surface area contributed by atoms with Gasteiger partial charge in [0.05, 0.1) is 6.33 Å². The standard InChI is InChI=1S/C27H33N7S/c1-18-6-7-19(27(2,3)4)16-22(18)30-25-23-24(29-17-33(23)5)31-26(32-25)34-14-10-21(11-15-34)35-20-8-12-28-13-9-20/h6-9,12-13,16-17,21H,10-11,14-15H2,1-5H3,(H,30,31,32). The van der Waals surface area contributed by atoms with E-state index in [0.717, 1.165) is 54.5 Å². The molecular weight excluding hydrogens is 454 g/mol. The number of hydrogen-bond donors (Lipinski definition) is 1. The van der Waals surface area contributed by atoms with E-state index in [1.54, 1.807) is 0 Å². The van der Waals surface area contributed by atoms with Gasteiger partial charge in [-0.05, 0) is 54.5 Å². The van der Waals surface area contributed by atoms with Crippen molar-refractivity contribution in [3.05, 3.63) is 60.2 Å². The number of thioether (sulfide) groups is 1. The highest BCUT2D eigenvalue weighted by molar-refractivity contribution is 8.00. The number of benzene rings is 1. The van der Waals surface area contributed by atoms with E-state index in [1.165, 1.54) is 16.0 Å². The van der Waals surface area contributed by atoms with Crippen molar-refractivity contribution in [3.63, 3.8) is 0 Å². The van der Waals surface area contributed by atoms with Crippen molar-refractivity contribution in [2.24, 2.45) is 7.05 Å². The fourth-order valence-corrected chi connectivity index (χ4v) is 5.52. The molecule has 0 unspecified atom stereocenters. The average molecular weight is 488 g/mol. The highest BCUT2D eigenvalue weighted by Crippen LogP contribution is 2.33. The Hall–Kier alpha value is -3.13. The molecule has 35 heavy (non-hydrogen) atoms. The SMILES string of the molecule is Cc1ccc(C(C)(C)C)cc1Nc1nc(N2CCC(Sc3ccncc3)CC2)nc2ncn(C)c12. The number of nitrogens with one attached hydrogen (secondary N) is 1. The van der Waals surface area contributed by atoms with Crippen LogP contribution in [0.4, 0.5) is 17.5 Å². The highest BCUT2D eigenvalue weighted by Gasteiger charge is 2.24. The van der Waals surface area contributed by atoms with Crippen LogP contribution in [0.3, 0.4) is 0 Å². The van der Waals surface area contributed by atoms with Gasteiger partial charge in [0.25, 0.3) is 0 Å². The summed E-state index contributed by atoms with van der Waals surface area (Å²) in [6, 6.07) is 10.8. The second kappa shape index (κ2) is 9.49. The van der Waals surface area contributed by atoms with Crippen LogP contribution in [0.15, 0.2) is 53.9 Å². The van der Waals surface area contributed by atoms with Crippen molar-refractivity contribution in [2.75, 3.05) is 23.3 Å². The quantitative estimate of drug-likeness (QED) is 0.377. The molecule has 1 aliphatic heterocycles. The molecule has 0 radical (unpaired) electrons. The van der Waals surface area contributed by atoms with Crippen LogP contribution in [0.2, 0.25) is 0 Å². The van der Waals surface area contributed by atoms with Crippen LogP contribution in [-0.2, 0) is 12.5 Å². The molecular formula is C27H33N7S. The predicted molar refractivity (Wildman–Crippen MR) is 145 cm³/mol. The van der Waals surface area contributed by atoms with E-state index in [0.29, 0.717) is 5.25 Å². The number of rotatable bonds is 5. The van der Waals surface area contributed by atoms with Crippen molar-refractivity contribution in [1.82, 2.24) is 24.5 Å². The maximum atomic E-state index is 5.02. The van der Waals surface area contributed by atoms with Gasteiger partial charge < -0.3 is 14.8 Å². The molecule has 0 atom stereocenters. The minimum absolute atomic E-state index is 0.0709. The van der Waals surface area contributed by atoms with Crippen molar-refractivity contribution in [1.29, 1.82) is 0 Å². The molecule has 1 fully saturated rings. The van der Waals surface area contributed by atoms with Gasteiger partial charge in [-0.25, -0.2) is 4.98 Å². The lowest BCUT2D eigenvalue weighted by Gasteiger charge is -2.31. The number of fused-ring (bicyclic) bond motifs is 1. The molecule has 0 spiro atoms. The molecule has 0 bridgehead atoms. The zero-order valence-corrected chi connectivity index (χ0v) is 21.9. The first-order valence-corrected chi connectivity index (χ1v) is 13.0. The van der Waals surface area contributed by atoms with Gasteiger partial charge in [0.2, 0.25) is 5.95 Å². The Kier molecular flexibility index (Phi) is 6.40. The van der Waals surface area contributed by atoms with Crippen LogP contribution in [0.1, 0.15) is 44.7 Å². The minimum atomic E-state index is 0.0709. The van der Waals surface area contributed by atoms with Crippen LogP contribution in [-0.4, -0.2) is 42.8 Å². The number of hydrogen-bond acceptors (Lipinski definition) is 7. The van der Waals surface area contributed by atoms with Gasteiger partial charge in [0.15, 0.2) is 11.5 Å². The van der Waals surface area contributed by atoms with Crippen molar-refractivity contribution < 1.29 is 0 Å². The van der Waals surface area contributed by atoms with E-state index >= 15 is 0 Å². The summed E-state index contributed by atoms with van der Waals surface area (Å²) in [7, 11) is 1.99. The fraction of sp³-hybridized carbons (Fsp3) is 0.407. The number of aryl methyl sites for hydroxylation is 2. The lowest BCUT2D eigenvalue weighted by atomic mass is 9.86. The van der Waals surface area contributed by atoms with E-state index in [2.05, 4.69) is 78.2 Å². The minimum Gasteiger partial charge on any atom is -0.341 e. The zero-order chi connectivity index (χ0) is 24.6.